The Morgan fingerprint density at radius 3 is 2.43 bits per heavy atom. The highest BCUT2D eigenvalue weighted by molar-refractivity contribution is 6.30. The van der Waals surface area contributed by atoms with Crippen LogP contribution in [0.2, 0.25) is 5.02 Å². The maximum Gasteiger partial charge on any atom is 0.257 e. The van der Waals surface area contributed by atoms with Crippen LogP contribution in [0.1, 0.15) is 0 Å². The van der Waals surface area contributed by atoms with Crippen LogP contribution in [0.3, 0.4) is 0 Å². The van der Waals surface area contributed by atoms with E-state index in [0.717, 1.165) is 27.7 Å². The van der Waals surface area contributed by atoms with Gasteiger partial charge in [-0.15, -0.1) is 0 Å². The highest BCUT2D eigenvalue weighted by Crippen LogP contribution is 2.27. The van der Waals surface area contributed by atoms with Crippen molar-refractivity contribution in [2.24, 2.45) is 0 Å². The summed E-state index contributed by atoms with van der Waals surface area (Å²) >= 11 is 5.92. The molecule has 2 N–H and O–H groups in total. The van der Waals surface area contributed by atoms with E-state index in [-0.39, 0.29) is 5.56 Å². The van der Waals surface area contributed by atoms with Crippen LogP contribution in [0.4, 0.5) is 0 Å². The Morgan fingerprint density at radius 1 is 0.857 bits per heavy atom. The van der Waals surface area contributed by atoms with Gasteiger partial charge in [0.25, 0.3) is 5.56 Å². The molecule has 0 amide bonds. The summed E-state index contributed by atoms with van der Waals surface area (Å²) in [7, 11) is 0. The summed E-state index contributed by atoms with van der Waals surface area (Å²) in [5.74, 6) is 0. The summed E-state index contributed by atoms with van der Waals surface area (Å²) in [6, 6.07) is 17.2. The van der Waals surface area contributed by atoms with Gasteiger partial charge in [0.05, 0.1) is 16.4 Å². The van der Waals surface area contributed by atoms with Gasteiger partial charge in [-0.05, 0) is 29.8 Å². The average Bonchev–Trinajstić information content (AvgIpc) is 2.94. The minimum Gasteiger partial charge on any atom is -0.354 e. The van der Waals surface area contributed by atoms with E-state index >= 15 is 0 Å². The molecule has 102 valence electrons. The number of fused-ring (bicyclic) bond motifs is 3. The van der Waals surface area contributed by atoms with E-state index in [9.17, 15) is 4.79 Å². The van der Waals surface area contributed by atoms with Gasteiger partial charge in [-0.25, -0.2) is 0 Å². The van der Waals surface area contributed by atoms with Crippen molar-refractivity contribution in [1.29, 1.82) is 0 Å². The third-order valence-electron chi connectivity index (χ3n) is 3.66. The second-order valence-corrected chi connectivity index (χ2v) is 5.41. The first-order valence-electron chi connectivity index (χ1n) is 6.62. The van der Waals surface area contributed by atoms with Crippen LogP contribution in [0, 0.1) is 0 Å². The van der Waals surface area contributed by atoms with Crippen molar-refractivity contribution in [3.05, 3.63) is 70.0 Å². The first kappa shape index (κ1) is 12.2. The zero-order valence-electron chi connectivity index (χ0n) is 11.0. The van der Waals surface area contributed by atoms with Crippen molar-refractivity contribution in [1.82, 2.24) is 9.97 Å². The van der Waals surface area contributed by atoms with Gasteiger partial charge in [0.2, 0.25) is 0 Å². The van der Waals surface area contributed by atoms with Gasteiger partial charge in [0.15, 0.2) is 0 Å². The third-order valence-corrected chi connectivity index (χ3v) is 3.91. The predicted molar refractivity (Wildman–Crippen MR) is 86.9 cm³/mol. The molecule has 4 aromatic rings. The Balaban J connectivity index is 2.05. The molecular weight excluding hydrogens is 284 g/mol. The Labute approximate surface area is 125 Å². The number of halogens is 1. The number of aromatic amines is 2. The Hall–Kier alpha value is -2.52. The second-order valence-electron chi connectivity index (χ2n) is 4.98. The van der Waals surface area contributed by atoms with Crippen molar-refractivity contribution in [3.63, 3.8) is 0 Å². The van der Waals surface area contributed by atoms with Gasteiger partial charge < -0.3 is 9.97 Å². The molecule has 2 aromatic carbocycles. The molecule has 0 saturated heterocycles. The Bertz CT molecular complexity index is 1010. The zero-order chi connectivity index (χ0) is 14.4. The molecule has 21 heavy (non-hydrogen) atoms. The van der Waals surface area contributed by atoms with Gasteiger partial charge >= 0.3 is 0 Å². The number of nitrogens with one attached hydrogen (secondary N) is 2. The van der Waals surface area contributed by atoms with E-state index in [1.165, 1.54) is 0 Å². The topological polar surface area (TPSA) is 48.6 Å². The molecular formula is C17H11ClN2O. The molecule has 0 saturated carbocycles. The fraction of sp³-hybridized carbons (Fsp3) is 0. The standard InChI is InChI=1S/C17H11ClN2O/c18-11-7-5-10(6-8-11)15-9-13-16(19-15)12-3-1-2-4-14(12)20-17(13)21/h1-9,19H,(H,20,21). The SMILES string of the molecule is O=c1[nH]c2ccccc2c2[nH]c(-c3ccc(Cl)cc3)cc12. The van der Waals surface area contributed by atoms with Gasteiger partial charge in [0, 0.05) is 16.1 Å². The summed E-state index contributed by atoms with van der Waals surface area (Å²) in [6.07, 6.45) is 0. The molecule has 0 bridgehead atoms. The molecule has 4 rings (SSSR count). The lowest BCUT2D eigenvalue weighted by molar-refractivity contribution is 1.34. The lowest BCUT2D eigenvalue weighted by Gasteiger charge is -1.99. The van der Waals surface area contributed by atoms with E-state index < -0.39 is 0 Å². The quantitative estimate of drug-likeness (QED) is 0.539. The third kappa shape index (κ3) is 1.94. The van der Waals surface area contributed by atoms with Crippen LogP contribution in [0.25, 0.3) is 33.1 Å². The normalized spacial score (nSPS) is 11.3. The lowest BCUT2D eigenvalue weighted by atomic mass is 10.1. The molecule has 0 aliphatic rings. The van der Waals surface area contributed by atoms with Gasteiger partial charge in [-0.3, -0.25) is 4.79 Å². The molecule has 3 nitrogen and oxygen atoms in total. The lowest BCUT2D eigenvalue weighted by Crippen LogP contribution is -2.04. The van der Waals surface area contributed by atoms with Gasteiger partial charge in [0.1, 0.15) is 0 Å². The minimum atomic E-state index is -0.0832. The van der Waals surface area contributed by atoms with Crippen LogP contribution < -0.4 is 5.56 Å². The highest BCUT2D eigenvalue weighted by Gasteiger charge is 2.09. The van der Waals surface area contributed by atoms with Crippen LogP contribution in [0.5, 0.6) is 0 Å². The van der Waals surface area contributed by atoms with Crippen molar-refractivity contribution in [3.8, 4) is 11.3 Å². The number of aromatic nitrogens is 2. The van der Waals surface area contributed by atoms with Crippen molar-refractivity contribution in [2.45, 2.75) is 0 Å². The molecule has 0 fully saturated rings. The van der Waals surface area contributed by atoms with Crippen LogP contribution in [-0.4, -0.2) is 9.97 Å². The smallest absolute Gasteiger partial charge is 0.257 e. The summed E-state index contributed by atoms with van der Waals surface area (Å²) < 4.78 is 0. The van der Waals surface area contributed by atoms with E-state index in [1.807, 2.05) is 54.6 Å². The van der Waals surface area contributed by atoms with E-state index in [0.29, 0.717) is 10.4 Å². The summed E-state index contributed by atoms with van der Waals surface area (Å²) in [4.78, 5) is 18.5. The molecule has 0 radical (unpaired) electrons. The molecule has 2 aromatic heterocycles. The predicted octanol–water partition coefficient (Wildman–Crippen LogP) is 4.33. The number of para-hydroxylation sites is 1. The molecule has 0 aliphatic carbocycles. The Kier molecular flexibility index (Phi) is 2.62. The van der Waals surface area contributed by atoms with Crippen LogP contribution in [-0.2, 0) is 0 Å². The number of hydrogen-bond acceptors (Lipinski definition) is 1. The first-order chi connectivity index (χ1) is 10.2. The fourth-order valence-electron chi connectivity index (χ4n) is 2.63. The van der Waals surface area contributed by atoms with E-state index in [2.05, 4.69) is 9.97 Å². The van der Waals surface area contributed by atoms with Crippen molar-refractivity contribution >= 4 is 33.4 Å². The molecule has 0 spiro atoms. The number of hydrogen-bond donors (Lipinski definition) is 2. The summed E-state index contributed by atoms with van der Waals surface area (Å²) in [5, 5.41) is 2.36. The van der Waals surface area contributed by atoms with E-state index in [1.54, 1.807) is 0 Å². The number of rotatable bonds is 1. The molecule has 2 heterocycles. The highest BCUT2D eigenvalue weighted by atomic mass is 35.5. The van der Waals surface area contributed by atoms with Gasteiger partial charge in [-0.1, -0.05) is 41.9 Å². The monoisotopic (exact) mass is 294 g/mol. The van der Waals surface area contributed by atoms with Crippen molar-refractivity contribution in [2.75, 3.05) is 0 Å². The Morgan fingerprint density at radius 2 is 1.62 bits per heavy atom. The number of H-pyrrole nitrogens is 2. The van der Waals surface area contributed by atoms with Crippen LogP contribution >= 0.6 is 11.6 Å². The second kappa shape index (κ2) is 4.50. The minimum absolute atomic E-state index is 0.0832. The maximum absolute atomic E-state index is 12.2. The molecule has 4 heteroatoms. The number of pyridine rings is 1. The van der Waals surface area contributed by atoms with Gasteiger partial charge in [-0.2, -0.15) is 0 Å². The first-order valence-corrected chi connectivity index (χ1v) is 7.00. The summed E-state index contributed by atoms with van der Waals surface area (Å²) in [5.41, 5.74) is 3.52. The summed E-state index contributed by atoms with van der Waals surface area (Å²) in [6.45, 7) is 0. The van der Waals surface area contributed by atoms with Crippen LogP contribution in [0.15, 0.2) is 59.4 Å². The van der Waals surface area contributed by atoms with Crippen molar-refractivity contribution < 1.29 is 0 Å². The maximum atomic E-state index is 12.2. The number of benzene rings is 2. The largest absolute Gasteiger partial charge is 0.354 e. The zero-order valence-corrected chi connectivity index (χ0v) is 11.7. The molecule has 0 aliphatic heterocycles. The molecule has 0 unspecified atom stereocenters. The van der Waals surface area contributed by atoms with E-state index in [4.69, 9.17) is 11.6 Å². The molecule has 0 atom stereocenters. The fourth-order valence-corrected chi connectivity index (χ4v) is 2.76. The average molecular weight is 295 g/mol.